The highest BCUT2D eigenvalue weighted by Gasteiger charge is 2.24. The Morgan fingerprint density at radius 2 is 1.96 bits per heavy atom. The van der Waals surface area contributed by atoms with Crippen LogP contribution in [0.25, 0.3) is 0 Å². The number of nitrogen functional groups attached to an aromatic ring is 1. The third kappa shape index (κ3) is 4.92. The lowest BCUT2D eigenvalue weighted by molar-refractivity contribution is 0.0599. The van der Waals surface area contributed by atoms with Gasteiger partial charge in [-0.15, -0.1) is 0 Å². The van der Waals surface area contributed by atoms with Crippen LogP contribution in [0, 0.1) is 0 Å². The molecule has 2 N–H and O–H groups in total. The van der Waals surface area contributed by atoms with Gasteiger partial charge in [0.25, 0.3) is 5.91 Å². The highest BCUT2D eigenvalue weighted by atomic mass is 16.5. The number of Topliss-reactive ketones (excluding diaryl/α,β-unsaturated/α-hetero) is 1. The Morgan fingerprint density at radius 3 is 2.61 bits per heavy atom. The first-order valence-electron chi connectivity index (χ1n) is 9.69. The largest absolute Gasteiger partial charge is 0.491 e. The Hall–Kier alpha value is -2.80. The quantitative estimate of drug-likeness (QED) is 0.555. The van der Waals surface area contributed by atoms with Crippen molar-refractivity contribution >= 4 is 17.4 Å². The van der Waals surface area contributed by atoms with Crippen molar-refractivity contribution in [2.45, 2.75) is 19.8 Å². The highest BCUT2D eigenvalue weighted by molar-refractivity contribution is 5.97. The minimum atomic E-state index is -0.0819. The molecule has 1 amide bonds. The fourth-order valence-electron chi connectivity index (χ4n) is 3.20. The van der Waals surface area contributed by atoms with Crippen LogP contribution in [0.2, 0.25) is 0 Å². The Bertz CT molecular complexity index is 796. The van der Waals surface area contributed by atoms with Crippen LogP contribution >= 0.6 is 0 Å². The summed E-state index contributed by atoms with van der Waals surface area (Å²) in [7, 11) is 0. The minimum absolute atomic E-state index is 0.0582. The molecule has 0 atom stereocenters. The van der Waals surface area contributed by atoms with Crippen molar-refractivity contribution in [2.24, 2.45) is 0 Å². The standard InChI is InChI=1S/C21H27N3O4/c1-2-13-27-19-6-5-16(15-17(19)22)18(25)7-8-23-9-11-24(12-10-23)21(26)20-4-3-14-28-20/h3-6,14-15H,2,7-13,22H2,1H3. The molecule has 0 unspecified atom stereocenters. The molecule has 0 radical (unpaired) electrons. The topological polar surface area (TPSA) is 89.0 Å². The van der Waals surface area contributed by atoms with E-state index < -0.39 is 0 Å². The van der Waals surface area contributed by atoms with Gasteiger partial charge in [0.1, 0.15) is 5.75 Å². The first-order chi connectivity index (χ1) is 13.6. The van der Waals surface area contributed by atoms with E-state index in [4.69, 9.17) is 14.9 Å². The summed E-state index contributed by atoms with van der Waals surface area (Å²) in [5.41, 5.74) is 7.08. The predicted octanol–water partition coefficient (Wildman–Crippen LogP) is 2.68. The fourth-order valence-corrected chi connectivity index (χ4v) is 3.20. The minimum Gasteiger partial charge on any atom is -0.491 e. The number of ether oxygens (including phenoxy) is 1. The van der Waals surface area contributed by atoms with Crippen molar-refractivity contribution in [1.82, 2.24) is 9.80 Å². The molecule has 0 saturated carbocycles. The molecule has 1 aliphatic heterocycles. The van der Waals surface area contributed by atoms with Gasteiger partial charge in [0, 0.05) is 44.7 Å². The summed E-state index contributed by atoms with van der Waals surface area (Å²) >= 11 is 0. The normalized spacial score (nSPS) is 14.8. The molecule has 7 nitrogen and oxygen atoms in total. The number of furan rings is 1. The van der Waals surface area contributed by atoms with E-state index in [0.717, 1.165) is 19.5 Å². The Labute approximate surface area is 165 Å². The number of carbonyl (C=O) groups is 2. The smallest absolute Gasteiger partial charge is 0.289 e. The van der Waals surface area contributed by atoms with Crippen molar-refractivity contribution in [1.29, 1.82) is 0 Å². The molecule has 2 aromatic rings. The number of benzene rings is 1. The van der Waals surface area contributed by atoms with E-state index in [2.05, 4.69) is 4.90 Å². The van der Waals surface area contributed by atoms with Gasteiger partial charge in [0.15, 0.2) is 11.5 Å². The van der Waals surface area contributed by atoms with Crippen LogP contribution in [0.1, 0.15) is 40.7 Å². The molecule has 1 aromatic heterocycles. The monoisotopic (exact) mass is 385 g/mol. The average Bonchev–Trinajstić information content (AvgIpc) is 3.26. The van der Waals surface area contributed by atoms with E-state index in [1.165, 1.54) is 6.26 Å². The second-order valence-corrected chi connectivity index (χ2v) is 6.89. The van der Waals surface area contributed by atoms with E-state index in [9.17, 15) is 9.59 Å². The van der Waals surface area contributed by atoms with Crippen molar-refractivity contribution < 1.29 is 18.7 Å². The number of rotatable bonds is 8. The molecular formula is C21H27N3O4. The van der Waals surface area contributed by atoms with Crippen molar-refractivity contribution in [3.05, 3.63) is 47.9 Å². The van der Waals surface area contributed by atoms with Gasteiger partial charge in [0.05, 0.1) is 18.6 Å². The number of piperazine rings is 1. The molecule has 150 valence electrons. The summed E-state index contributed by atoms with van der Waals surface area (Å²) in [6, 6.07) is 8.61. The maximum atomic E-state index is 12.5. The van der Waals surface area contributed by atoms with Crippen LogP contribution < -0.4 is 10.5 Å². The molecule has 3 rings (SSSR count). The Morgan fingerprint density at radius 1 is 1.18 bits per heavy atom. The average molecular weight is 385 g/mol. The van der Waals surface area contributed by atoms with Crippen molar-refractivity contribution in [3.8, 4) is 5.75 Å². The van der Waals surface area contributed by atoms with Crippen molar-refractivity contribution in [3.63, 3.8) is 0 Å². The molecule has 7 heteroatoms. The zero-order valence-electron chi connectivity index (χ0n) is 16.2. The lowest BCUT2D eigenvalue weighted by Crippen LogP contribution is -2.49. The molecule has 1 saturated heterocycles. The van der Waals surface area contributed by atoms with Gasteiger partial charge in [-0.1, -0.05) is 6.92 Å². The molecule has 0 bridgehead atoms. The second kappa shape index (κ2) is 9.41. The number of ketones is 1. The molecule has 28 heavy (non-hydrogen) atoms. The number of hydrogen-bond donors (Lipinski definition) is 1. The predicted molar refractivity (Wildman–Crippen MR) is 107 cm³/mol. The Balaban J connectivity index is 1.45. The summed E-state index contributed by atoms with van der Waals surface area (Å²) < 4.78 is 10.7. The van der Waals surface area contributed by atoms with Gasteiger partial charge in [-0.05, 0) is 36.8 Å². The first kappa shape index (κ1) is 19.9. The van der Waals surface area contributed by atoms with Gasteiger partial charge < -0.3 is 19.8 Å². The van der Waals surface area contributed by atoms with Gasteiger partial charge in [-0.3, -0.25) is 14.5 Å². The van der Waals surface area contributed by atoms with E-state index in [1.54, 1.807) is 35.2 Å². The highest BCUT2D eigenvalue weighted by Crippen LogP contribution is 2.23. The maximum Gasteiger partial charge on any atom is 0.289 e. The molecular weight excluding hydrogens is 358 g/mol. The molecule has 1 aliphatic rings. The summed E-state index contributed by atoms with van der Waals surface area (Å²) in [6.45, 7) is 6.04. The van der Waals surface area contributed by atoms with Crippen LogP contribution in [-0.2, 0) is 0 Å². The number of amides is 1. The van der Waals surface area contributed by atoms with Crippen LogP contribution in [0.5, 0.6) is 5.75 Å². The number of hydrogen-bond acceptors (Lipinski definition) is 6. The lowest BCUT2D eigenvalue weighted by Gasteiger charge is -2.34. The summed E-state index contributed by atoms with van der Waals surface area (Å²) in [5, 5.41) is 0. The second-order valence-electron chi connectivity index (χ2n) is 6.89. The molecule has 0 aliphatic carbocycles. The maximum absolute atomic E-state index is 12.5. The Kier molecular flexibility index (Phi) is 6.71. The lowest BCUT2D eigenvalue weighted by atomic mass is 10.1. The SMILES string of the molecule is CCCOc1ccc(C(=O)CCN2CCN(C(=O)c3ccco3)CC2)cc1N. The van der Waals surface area contributed by atoms with E-state index in [0.29, 0.717) is 55.4 Å². The molecule has 1 aromatic carbocycles. The third-order valence-corrected chi connectivity index (χ3v) is 4.84. The molecule has 0 spiro atoms. The number of anilines is 1. The van der Waals surface area contributed by atoms with Gasteiger partial charge in [-0.25, -0.2) is 0 Å². The van der Waals surface area contributed by atoms with Gasteiger partial charge in [-0.2, -0.15) is 0 Å². The molecule has 2 heterocycles. The van der Waals surface area contributed by atoms with Crippen LogP contribution in [0.3, 0.4) is 0 Å². The van der Waals surface area contributed by atoms with Crippen LogP contribution in [0.4, 0.5) is 5.69 Å². The molecule has 1 fully saturated rings. The fraction of sp³-hybridized carbons (Fsp3) is 0.429. The third-order valence-electron chi connectivity index (χ3n) is 4.84. The van der Waals surface area contributed by atoms with Crippen molar-refractivity contribution in [2.75, 3.05) is 45.1 Å². The summed E-state index contributed by atoms with van der Waals surface area (Å²) in [6.07, 6.45) is 2.82. The van der Waals surface area contributed by atoms with Gasteiger partial charge in [0.2, 0.25) is 0 Å². The van der Waals surface area contributed by atoms with Crippen LogP contribution in [0.15, 0.2) is 41.0 Å². The summed E-state index contributed by atoms with van der Waals surface area (Å²) in [5.74, 6) is 0.966. The zero-order valence-corrected chi connectivity index (χ0v) is 16.2. The van der Waals surface area contributed by atoms with Crippen LogP contribution in [-0.4, -0.2) is 60.8 Å². The van der Waals surface area contributed by atoms with E-state index >= 15 is 0 Å². The van der Waals surface area contributed by atoms with E-state index in [1.807, 2.05) is 6.92 Å². The summed E-state index contributed by atoms with van der Waals surface area (Å²) in [4.78, 5) is 28.8. The number of nitrogens with two attached hydrogens (primary N) is 1. The number of carbonyl (C=O) groups excluding carboxylic acids is 2. The first-order valence-corrected chi connectivity index (χ1v) is 9.69. The van der Waals surface area contributed by atoms with Gasteiger partial charge >= 0.3 is 0 Å². The number of nitrogens with zero attached hydrogens (tertiary/aromatic N) is 2. The van der Waals surface area contributed by atoms with E-state index in [-0.39, 0.29) is 11.7 Å². The zero-order chi connectivity index (χ0) is 19.9.